The Morgan fingerprint density at radius 1 is 0.889 bits per heavy atom. The second kappa shape index (κ2) is 7.57. The van der Waals surface area contributed by atoms with E-state index in [1.807, 2.05) is 24.4 Å². The molecule has 0 unspecified atom stereocenters. The van der Waals surface area contributed by atoms with Gasteiger partial charge in [-0.2, -0.15) is 0 Å². The topological polar surface area (TPSA) is 50.7 Å². The summed E-state index contributed by atoms with van der Waals surface area (Å²) in [6.45, 7) is 8.65. The third-order valence-electron chi connectivity index (χ3n) is 5.79. The molecule has 0 bridgehead atoms. The number of nitrogens with zero attached hydrogens (tertiary/aromatic N) is 3. The fourth-order valence-electron chi connectivity index (χ4n) is 3.88. The molecular formula is C23H26N4. The van der Waals surface area contributed by atoms with Gasteiger partial charge in [0.15, 0.2) is 5.82 Å². The molecule has 3 heterocycles. The van der Waals surface area contributed by atoms with Gasteiger partial charge in [-0.1, -0.05) is 18.2 Å². The van der Waals surface area contributed by atoms with Crippen LogP contribution in [0, 0.1) is 20.8 Å². The van der Waals surface area contributed by atoms with Gasteiger partial charge in [0.25, 0.3) is 0 Å². The Labute approximate surface area is 161 Å². The molecule has 27 heavy (non-hydrogen) atoms. The zero-order chi connectivity index (χ0) is 18.8. The van der Waals surface area contributed by atoms with E-state index in [2.05, 4.69) is 48.2 Å². The summed E-state index contributed by atoms with van der Waals surface area (Å²) in [5, 5.41) is 3.46. The molecule has 1 aliphatic heterocycles. The number of rotatable bonds is 3. The van der Waals surface area contributed by atoms with Crippen molar-refractivity contribution in [2.75, 3.05) is 13.1 Å². The Morgan fingerprint density at radius 2 is 1.70 bits per heavy atom. The summed E-state index contributed by atoms with van der Waals surface area (Å²) < 4.78 is 0. The number of aryl methyl sites for hydroxylation is 1. The Kier molecular flexibility index (Phi) is 4.99. The van der Waals surface area contributed by atoms with Crippen molar-refractivity contribution in [2.45, 2.75) is 39.5 Å². The minimum atomic E-state index is 0.452. The van der Waals surface area contributed by atoms with Crippen molar-refractivity contribution in [3.63, 3.8) is 0 Å². The van der Waals surface area contributed by atoms with Crippen molar-refractivity contribution < 1.29 is 0 Å². The predicted molar refractivity (Wildman–Crippen MR) is 110 cm³/mol. The largest absolute Gasteiger partial charge is 0.317 e. The molecular weight excluding hydrogens is 332 g/mol. The molecule has 1 aromatic carbocycles. The van der Waals surface area contributed by atoms with E-state index >= 15 is 0 Å². The van der Waals surface area contributed by atoms with Crippen molar-refractivity contribution in [1.29, 1.82) is 0 Å². The van der Waals surface area contributed by atoms with Crippen LogP contribution in [0.5, 0.6) is 0 Å². The van der Waals surface area contributed by atoms with Crippen LogP contribution in [0.15, 0.2) is 42.7 Å². The highest BCUT2D eigenvalue weighted by molar-refractivity contribution is 5.72. The molecule has 0 saturated carbocycles. The average molecular weight is 358 g/mol. The molecule has 1 saturated heterocycles. The molecule has 2 aromatic heterocycles. The van der Waals surface area contributed by atoms with Crippen molar-refractivity contribution in [3.05, 3.63) is 65.1 Å². The number of aromatic nitrogens is 3. The lowest BCUT2D eigenvalue weighted by Gasteiger charge is -2.25. The zero-order valence-corrected chi connectivity index (χ0v) is 16.3. The Bertz CT molecular complexity index is 944. The molecule has 3 aromatic rings. The first-order valence-corrected chi connectivity index (χ1v) is 9.71. The number of pyridine rings is 1. The van der Waals surface area contributed by atoms with E-state index in [1.165, 1.54) is 33.5 Å². The van der Waals surface area contributed by atoms with E-state index in [0.717, 1.165) is 37.4 Å². The molecule has 4 nitrogen and oxygen atoms in total. The van der Waals surface area contributed by atoms with Crippen molar-refractivity contribution in [2.24, 2.45) is 0 Å². The van der Waals surface area contributed by atoms with Gasteiger partial charge < -0.3 is 5.32 Å². The molecule has 1 N–H and O–H groups in total. The molecule has 4 rings (SSSR count). The normalized spacial score (nSPS) is 15.1. The number of hydrogen-bond donors (Lipinski definition) is 1. The summed E-state index contributed by atoms with van der Waals surface area (Å²) in [6, 6.07) is 10.3. The summed E-state index contributed by atoms with van der Waals surface area (Å²) in [5.74, 6) is 1.17. The lowest BCUT2D eigenvalue weighted by molar-refractivity contribution is 0.454. The van der Waals surface area contributed by atoms with Crippen LogP contribution in [0.4, 0.5) is 0 Å². The lowest BCUT2D eigenvalue weighted by atomic mass is 9.87. The Hall–Kier alpha value is -2.59. The molecule has 4 heteroatoms. The Balaban J connectivity index is 1.87. The third-order valence-corrected chi connectivity index (χ3v) is 5.79. The predicted octanol–water partition coefficient (Wildman–Crippen LogP) is 4.60. The first-order valence-electron chi connectivity index (χ1n) is 9.71. The monoisotopic (exact) mass is 358 g/mol. The van der Waals surface area contributed by atoms with Crippen LogP contribution in [0.25, 0.3) is 22.6 Å². The van der Waals surface area contributed by atoms with Crippen LogP contribution in [-0.2, 0) is 0 Å². The summed E-state index contributed by atoms with van der Waals surface area (Å²) in [7, 11) is 0. The molecule has 0 spiro atoms. The highest BCUT2D eigenvalue weighted by Gasteiger charge is 2.23. The first kappa shape index (κ1) is 17.8. The number of benzene rings is 1. The van der Waals surface area contributed by atoms with Crippen LogP contribution >= 0.6 is 0 Å². The minimum absolute atomic E-state index is 0.452. The van der Waals surface area contributed by atoms with Crippen molar-refractivity contribution >= 4 is 0 Å². The fourth-order valence-corrected chi connectivity index (χ4v) is 3.88. The van der Waals surface area contributed by atoms with Gasteiger partial charge >= 0.3 is 0 Å². The van der Waals surface area contributed by atoms with Gasteiger partial charge in [-0.3, -0.25) is 4.98 Å². The summed E-state index contributed by atoms with van der Waals surface area (Å²) in [5.41, 5.74) is 8.40. The molecule has 0 amide bonds. The quantitative estimate of drug-likeness (QED) is 0.743. The smallest absolute Gasteiger partial charge is 0.178 e. The summed E-state index contributed by atoms with van der Waals surface area (Å²) >= 11 is 0. The fraction of sp³-hybridized carbons (Fsp3) is 0.348. The van der Waals surface area contributed by atoms with Crippen LogP contribution < -0.4 is 5.32 Å². The van der Waals surface area contributed by atoms with E-state index in [0.29, 0.717) is 5.92 Å². The van der Waals surface area contributed by atoms with Crippen molar-refractivity contribution in [1.82, 2.24) is 20.3 Å². The van der Waals surface area contributed by atoms with Crippen LogP contribution in [-0.4, -0.2) is 28.0 Å². The van der Waals surface area contributed by atoms with E-state index in [9.17, 15) is 0 Å². The second-order valence-corrected chi connectivity index (χ2v) is 7.41. The van der Waals surface area contributed by atoms with Crippen molar-refractivity contribution in [3.8, 4) is 22.6 Å². The summed E-state index contributed by atoms with van der Waals surface area (Å²) in [6.07, 6.45) is 6.01. The first-order chi connectivity index (χ1) is 13.1. The maximum absolute atomic E-state index is 5.03. The van der Waals surface area contributed by atoms with Gasteiger partial charge in [0.1, 0.15) is 5.69 Å². The van der Waals surface area contributed by atoms with E-state index in [-0.39, 0.29) is 0 Å². The number of nitrogens with one attached hydrogen (secondary N) is 1. The molecule has 138 valence electrons. The zero-order valence-electron chi connectivity index (χ0n) is 16.3. The van der Waals surface area contributed by atoms with Gasteiger partial charge in [0, 0.05) is 23.9 Å². The second-order valence-electron chi connectivity index (χ2n) is 7.41. The van der Waals surface area contributed by atoms with Crippen LogP contribution in [0.2, 0.25) is 0 Å². The van der Waals surface area contributed by atoms with Gasteiger partial charge in [-0.25, -0.2) is 9.97 Å². The highest BCUT2D eigenvalue weighted by atomic mass is 14.9. The maximum atomic E-state index is 5.03. The molecule has 0 radical (unpaired) electrons. The lowest BCUT2D eigenvalue weighted by Crippen LogP contribution is -2.27. The van der Waals surface area contributed by atoms with Gasteiger partial charge in [-0.05, 0) is 81.1 Å². The number of hydrogen-bond acceptors (Lipinski definition) is 4. The highest BCUT2D eigenvalue weighted by Crippen LogP contribution is 2.36. The molecule has 0 atom stereocenters. The molecule has 1 fully saturated rings. The molecule has 0 aliphatic carbocycles. The average Bonchev–Trinajstić information content (AvgIpc) is 2.73. The van der Waals surface area contributed by atoms with E-state index in [4.69, 9.17) is 4.98 Å². The standard InChI is InChI=1S/C23H26N4/c1-15-7-8-19(17(3)16(15)2)20-14-26-23(21-6-4-5-11-25-21)27-22(20)18-9-12-24-13-10-18/h4-8,11,14,18,24H,9-10,12-13H2,1-3H3. The van der Waals surface area contributed by atoms with E-state index < -0.39 is 0 Å². The SMILES string of the molecule is Cc1ccc(-c2cnc(-c3ccccn3)nc2C2CCNCC2)c(C)c1C. The number of piperidine rings is 1. The van der Waals surface area contributed by atoms with E-state index in [1.54, 1.807) is 6.20 Å². The third kappa shape index (κ3) is 3.50. The van der Waals surface area contributed by atoms with Gasteiger partial charge in [-0.15, -0.1) is 0 Å². The molecule has 1 aliphatic rings. The van der Waals surface area contributed by atoms with Gasteiger partial charge in [0.2, 0.25) is 0 Å². The van der Waals surface area contributed by atoms with Crippen LogP contribution in [0.3, 0.4) is 0 Å². The minimum Gasteiger partial charge on any atom is -0.317 e. The Morgan fingerprint density at radius 3 is 2.44 bits per heavy atom. The van der Waals surface area contributed by atoms with Gasteiger partial charge in [0.05, 0.1) is 5.69 Å². The van der Waals surface area contributed by atoms with Crippen LogP contribution in [0.1, 0.15) is 41.1 Å². The maximum Gasteiger partial charge on any atom is 0.178 e. The summed E-state index contributed by atoms with van der Waals surface area (Å²) in [4.78, 5) is 14.2.